The molecule has 0 unspecified atom stereocenters. The number of nitrogens with zero attached hydrogens (tertiary/aromatic N) is 2. The van der Waals surface area contributed by atoms with Crippen molar-refractivity contribution in [3.8, 4) is 22.8 Å². The number of aromatic nitrogens is 1. The molecule has 0 bridgehead atoms. The SMILES string of the molecule is O=C(Cc1ccc(-c2ncc(-c3ccc4c(c3)N=C(C3CCCC3)C4)o2)cc1)[C@@H]1CCCN1. The zero-order valence-electron chi connectivity index (χ0n) is 18.8. The van der Waals surface area contributed by atoms with Gasteiger partial charge in [-0.3, -0.25) is 9.79 Å². The van der Waals surface area contributed by atoms with Gasteiger partial charge in [0.1, 0.15) is 0 Å². The molecular weight excluding hydrogens is 410 g/mol. The minimum atomic E-state index is 0.0184. The summed E-state index contributed by atoms with van der Waals surface area (Å²) in [5.74, 6) is 2.29. The summed E-state index contributed by atoms with van der Waals surface area (Å²) >= 11 is 0. The van der Waals surface area contributed by atoms with Crippen molar-refractivity contribution in [3.63, 3.8) is 0 Å². The third kappa shape index (κ3) is 4.18. The Balaban J connectivity index is 1.16. The van der Waals surface area contributed by atoms with Crippen molar-refractivity contribution in [1.29, 1.82) is 0 Å². The molecule has 3 aliphatic rings. The summed E-state index contributed by atoms with van der Waals surface area (Å²) in [5, 5.41) is 3.28. The Labute approximate surface area is 194 Å². The van der Waals surface area contributed by atoms with E-state index in [0.29, 0.717) is 18.2 Å². The molecule has 168 valence electrons. The first-order chi connectivity index (χ1) is 16.2. The van der Waals surface area contributed by atoms with Crippen LogP contribution in [0, 0.1) is 5.92 Å². The van der Waals surface area contributed by atoms with E-state index >= 15 is 0 Å². The van der Waals surface area contributed by atoms with Crippen LogP contribution in [0.4, 0.5) is 5.69 Å². The van der Waals surface area contributed by atoms with Crippen LogP contribution in [-0.2, 0) is 17.6 Å². The van der Waals surface area contributed by atoms with Gasteiger partial charge >= 0.3 is 0 Å². The lowest BCUT2D eigenvalue weighted by Gasteiger charge is -2.08. The third-order valence-electron chi connectivity index (χ3n) is 7.37. The normalized spacial score (nSPS) is 20.2. The summed E-state index contributed by atoms with van der Waals surface area (Å²) in [6.07, 6.45) is 10.5. The van der Waals surface area contributed by atoms with E-state index in [1.54, 1.807) is 6.20 Å². The fourth-order valence-corrected chi connectivity index (χ4v) is 5.44. The number of hydrogen-bond donors (Lipinski definition) is 1. The summed E-state index contributed by atoms with van der Waals surface area (Å²) in [7, 11) is 0. The highest BCUT2D eigenvalue weighted by Gasteiger charge is 2.26. The fourth-order valence-electron chi connectivity index (χ4n) is 5.44. The number of rotatable bonds is 6. The first kappa shape index (κ1) is 20.5. The molecule has 1 aliphatic carbocycles. The van der Waals surface area contributed by atoms with Gasteiger partial charge in [0, 0.05) is 29.7 Å². The van der Waals surface area contributed by atoms with Crippen LogP contribution in [0.2, 0.25) is 0 Å². The van der Waals surface area contributed by atoms with Crippen LogP contribution >= 0.6 is 0 Å². The summed E-state index contributed by atoms with van der Waals surface area (Å²) < 4.78 is 6.11. The van der Waals surface area contributed by atoms with Gasteiger partial charge in [0.2, 0.25) is 5.89 Å². The van der Waals surface area contributed by atoms with Gasteiger partial charge in [-0.25, -0.2) is 4.98 Å². The predicted octanol–water partition coefficient (Wildman–Crippen LogP) is 5.69. The van der Waals surface area contributed by atoms with Gasteiger partial charge in [-0.05, 0) is 67.5 Å². The van der Waals surface area contributed by atoms with Crippen LogP contribution in [0.25, 0.3) is 22.8 Å². The van der Waals surface area contributed by atoms with E-state index in [4.69, 9.17) is 9.41 Å². The molecule has 2 fully saturated rings. The molecule has 5 heteroatoms. The van der Waals surface area contributed by atoms with Crippen molar-refractivity contribution in [2.75, 3.05) is 6.54 Å². The molecule has 2 aromatic carbocycles. The van der Waals surface area contributed by atoms with Crippen LogP contribution in [0.1, 0.15) is 49.7 Å². The molecule has 0 amide bonds. The van der Waals surface area contributed by atoms with Crippen LogP contribution in [0.15, 0.2) is 58.1 Å². The van der Waals surface area contributed by atoms with E-state index in [2.05, 4.69) is 28.5 Å². The van der Waals surface area contributed by atoms with Crippen molar-refractivity contribution >= 4 is 17.2 Å². The average Bonchev–Trinajstić information content (AvgIpc) is 3.64. The van der Waals surface area contributed by atoms with Crippen molar-refractivity contribution in [3.05, 3.63) is 59.8 Å². The van der Waals surface area contributed by atoms with E-state index in [9.17, 15) is 4.79 Å². The van der Waals surface area contributed by atoms with Crippen molar-refractivity contribution in [2.24, 2.45) is 10.9 Å². The lowest BCUT2D eigenvalue weighted by Crippen LogP contribution is -2.31. The lowest BCUT2D eigenvalue weighted by atomic mass is 9.97. The average molecular weight is 440 g/mol. The fraction of sp³-hybridized carbons (Fsp3) is 0.393. The van der Waals surface area contributed by atoms with Crippen LogP contribution in [0.5, 0.6) is 0 Å². The molecular formula is C28H29N3O2. The number of nitrogens with one attached hydrogen (secondary N) is 1. The maximum Gasteiger partial charge on any atom is 0.226 e. The van der Waals surface area contributed by atoms with Gasteiger partial charge in [0.25, 0.3) is 0 Å². The Morgan fingerprint density at radius 1 is 1.00 bits per heavy atom. The van der Waals surface area contributed by atoms with Gasteiger partial charge in [0.05, 0.1) is 17.9 Å². The predicted molar refractivity (Wildman–Crippen MR) is 130 cm³/mol. The molecule has 3 aromatic rings. The molecule has 33 heavy (non-hydrogen) atoms. The van der Waals surface area contributed by atoms with Crippen LogP contribution in [-0.4, -0.2) is 29.1 Å². The summed E-state index contributed by atoms with van der Waals surface area (Å²) in [5.41, 5.74) is 6.71. The Morgan fingerprint density at radius 3 is 2.61 bits per heavy atom. The smallest absolute Gasteiger partial charge is 0.226 e. The van der Waals surface area contributed by atoms with Crippen LogP contribution < -0.4 is 5.32 Å². The summed E-state index contributed by atoms with van der Waals surface area (Å²) in [6, 6.07) is 14.4. The second-order valence-corrected chi connectivity index (χ2v) is 9.62. The van der Waals surface area contributed by atoms with E-state index in [-0.39, 0.29) is 11.8 Å². The topological polar surface area (TPSA) is 67.5 Å². The van der Waals surface area contributed by atoms with Gasteiger partial charge in [-0.1, -0.05) is 37.1 Å². The van der Waals surface area contributed by atoms with Crippen molar-refractivity contribution in [2.45, 2.75) is 57.4 Å². The Bertz CT molecular complexity index is 1200. The number of benzene rings is 2. The number of carbonyl (C=O) groups excluding carboxylic acids is 1. The summed E-state index contributed by atoms with van der Waals surface area (Å²) in [4.78, 5) is 21.9. The number of hydrogen-bond acceptors (Lipinski definition) is 5. The maximum atomic E-state index is 12.4. The molecule has 5 nitrogen and oxygen atoms in total. The Morgan fingerprint density at radius 2 is 1.82 bits per heavy atom. The minimum absolute atomic E-state index is 0.0184. The largest absolute Gasteiger partial charge is 0.436 e. The highest BCUT2D eigenvalue weighted by molar-refractivity contribution is 5.96. The van der Waals surface area contributed by atoms with Crippen molar-refractivity contribution < 1.29 is 9.21 Å². The first-order valence-electron chi connectivity index (χ1n) is 12.2. The Hall–Kier alpha value is -3.05. The molecule has 1 saturated carbocycles. The summed E-state index contributed by atoms with van der Waals surface area (Å²) in [6.45, 7) is 0.945. The molecule has 6 rings (SSSR count). The molecule has 1 atom stereocenters. The number of ketones is 1. The molecule has 0 radical (unpaired) electrons. The number of aliphatic imine (C=N–C) groups is 1. The molecule has 1 aromatic heterocycles. The van der Waals surface area contributed by atoms with Crippen LogP contribution in [0.3, 0.4) is 0 Å². The second-order valence-electron chi connectivity index (χ2n) is 9.62. The van der Waals surface area contributed by atoms with Gasteiger partial charge < -0.3 is 9.73 Å². The van der Waals surface area contributed by atoms with E-state index in [0.717, 1.165) is 53.9 Å². The maximum absolute atomic E-state index is 12.4. The molecule has 0 spiro atoms. The molecule has 1 N–H and O–H groups in total. The zero-order chi connectivity index (χ0) is 22.2. The van der Waals surface area contributed by atoms with Gasteiger partial charge in [-0.2, -0.15) is 0 Å². The highest BCUT2D eigenvalue weighted by Crippen LogP contribution is 2.37. The number of carbonyl (C=O) groups is 1. The quantitative estimate of drug-likeness (QED) is 0.536. The zero-order valence-corrected chi connectivity index (χ0v) is 18.8. The number of fused-ring (bicyclic) bond motifs is 1. The monoisotopic (exact) mass is 439 g/mol. The second kappa shape index (κ2) is 8.71. The number of oxazole rings is 1. The molecule has 1 saturated heterocycles. The standard InChI is InChI=1S/C28H29N3O2/c32-26(23-6-3-13-29-23)14-18-7-9-20(10-8-18)28-30-17-27(33-28)22-12-11-21-15-24(31-25(21)16-22)19-4-1-2-5-19/h7-12,16-17,19,23,29H,1-6,13-15H2/t23-/m0/s1. The van der Waals surface area contributed by atoms with E-state index < -0.39 is 0 Å². The lowest BCUT2D eigenvalue weighted by molar-refractivity contribution is -0.120. The number of Topliss-reactive ketones (excluding diaryl/α,β-unsaturated/α-hetero) is 1. The third-order valence-corrected chi connectivity index (χ3v) is 7.37. The molecule has 2 aliphatic heterocycles. The van der Waals surface area contributed by atoms with Gasteiger partial charge in [-0.15, -0.1) is 0 Å². The minimum Gasteiger partial charge on any atom is -0.436 e. The molecule has 3 heterocycles. The van der Waals surface area contributed by atoms with E-state index in [1.807, 2.05) is 24.3 Å². The van der Waals surface area contributed by atoms with E-state index in [1.165, 1.54) is 37.0 Å². The van der Waals surface area contributed by atoms with Crippen molar-refractivity contribution in [1.82, 2.24) is 10.3 Å². The Kier molecular flexibility index (Phi) is 5.43. The first-order valence-corrected chi connectivity index (χ1v) is 12.2. The highest BCUT2D eigenvalue weighted by atomic mass is 16.4. The van der Waals surface area contributed by atoms with Gasteiger partial charge in [0.15, 0.2) is 11.5 Å².